The highest BCUT2D eigenvalue weighted by Crippen LogP contribution is 2.46. The number of carbonyl (C=O) groups is 7. The van der Waals surface area contributed by atoms with Crippen molar-refractivity contribution in [2.24, 2.45) is 0 Å². The number of likely N-dealkylation sites (tertiary alicyclic amines) is 1. The number of nitrogens with zero attached hydrogens (tertiary/aromatic N) is 1. The van der Waals surface area contributed by atoms with Crippen molar-refractivity contribution in [3.05, 3.63) is 227 Å². The van der Waals surface area contributed by atoms with Crippen LogP contribution in [0.5, 0.6) is 23.0 Å². The zero-order chi connectivity index (χ0) is 87.9. The van der Waals surface area contributed by atoms with Crippen LogP contribution in [0.1, 0.15) is 258 Å². The fourth-order valence-corrected chi connectivity index (χ4v) is 19.7. The van der Waals surface area contributed by atoms with Gasteiger partial charge in [-0.15, -0.1) is 0 Å². The molecule has 1 heterocycles. The molecule has 7 aromatic carbocycles. The summed E-state index contributed by atoms with van der Waals surface area (Å²) in [6.45, 7) is 7.52. The molecule has 16 rings (SSSR count). The van der Waals surface area contributed by atoms with Gasteiger partial charge in [0.2, 0.25) is 0 Å². The van der Waals surface area contributed by atoms with E-state index in [1.54, 1.807) is 69.7 Å². The second kappa shape index (κ2) is 46.2. The van der Waals surface area contributed by atoms with Gasteiger partial charge in [-0.3, -0.25) is 49.1 Å². The first-order chi connectivity index (χ1) is 59.7. The highest BCUT2D eigenvalue weighted by Gasteiger charge is 2.51. The molecular weight excluding hydrogens is 1560 g/mol. The number of halogens is 3. The lowest BCUT2D eigenvalue weighted by Crippen LogP contribution is -2.58. The van der Waals surface area contributed by atoms with Crippen LogP contribution >= 0.6 is 0 Å². The lowest BCUT2D eigenvalue weighted by atomic mass is 9.73. The minimum atomic E-state index is -0.892. The average Bonchev–Trinajstić information content (AvgIpc) is 0.924. The summed E-state index contributed by atoms with van der Waals surface area (Å²) in [6, 6.07) is 55.9. The molecule has 0 radical (unpaired) electrons. The number of nitrogens with one attached hydrogen (secondary N) is 6. The number of hydrogen-bond acceptors (Lipinski definition) is 18. The maximum absolute atomic E-state index is 14.5. The molecule has 0 bridgehead atoms. The van der Waals surface area contributed by atoms with Crippen molar-refractivity contribution in [1.82, 2.24) is 36.8 Å². The number of aromatic hydroxyl groups is 1. The van der Waals surface area contributed by atoms with Crippen LogP contribution in [0.3, 0.4) is 0 Å². The van der Waals surface area contributed by atoms with Crippen molar-refractivity contribution in [2.45, 2.75) is 264 Å². The fraction of sp³-hybridized carbons (Fsp3) is 0.520. The van der Waals surface area contributed by atoms with E-state index in [1.165, 1.54) is 45.5 Å². The molecule has 9 aliphatic rings. The van der Waals surface area contributed by atoms with Gasteiger partial charge in [0.1, 0.15) is 56.9 Å². The van der Waals surface area contributed by atoms with Gasteiger partial charge in [0.15, 0.2) is 63.6 Å². The molecule has 9 fully saturated rings. The van der Waals surface area contributed by atoms with Crippen LogP contribution in [0.4, 0.5) is 13.2 Å². The Kier molecular flexibility index (Phi) is 36.2. The minimum absolute atomic E-state index is 0.0587. The summed E-state index contributed by atoms with van der Waals surface area (Å²) < 4.78 is 56.4. The SMILES string of the molecule is CCCN[C@@]1(c2ccc(OC)cc2)CCCCC1=O.CCN[C@@]1(c2cccc(OC)c2F)CCCCC1=O.CN[C@@]1(c2cccc(OC)c2F)CCCCC1=O.CN[C@@]1(c2ccccc2O)CCCCC1=O.O=C1CCCC[C@@]1(NC1CC1)c1ccccc1.O=C1CCCC[C@@]1(NCCF)c1ccccc1.O=C1CCCC[C@]1(c1ccccc1)N1CCC1. The van der Waals surface area contributed by atoms with E-state index >= 15 is 0 Å². The Bertz CT molecular complexity index is 4570. The van der Waals surface area contributed by atoms with Gasteiger partial charge in [-0.05, 0) is 195 Å². The molecule has 0 spiro atoms. The molecule has 123 heavy (non-hydrogen) atoms. The standard InChI is InChI=1S/C16H23NO2.C15H20FNO2.2C15H19NO.C14H18FNO2.C14H18FNO.C13H17NO2/c1-3-12-17-16(11-5-4-6-15(16)18)13-7-9-14(19-2)10-8-13;1-3-17-15(10-5-4-9-13(15)18)11-7-6-8-12(19-2)14(11)16;17-14-9-4-5-10-15(14,16-11-6-12-16)13-7-2-1-3-8-13;17-14-8-4-5-11-15(14,16-13-9-10-13)12-6-2-1-3-7-12;1-16-14(9-4-3-8-12(14)17)10-6-5-7-11(18-2)13(10)15;15-10-11-16-14(9-5-4-8-13(14)17)12-6-2-1-3-7-12;1-14-13(9-5-4-8-12(13)16)10-6-2-3-7-11(10)15/h7-10,17H,3-6,11-12H2,1-2H3;6-8,17H,3-5,9-10H2,1-2H3;1-3,7-8H,4-6,9-12H2;1-3,6-7,13,16H,4-5,8-11H2;5-7,16H,3-4,8-9H2,1-2H3;1-3,6-7,16H,4-5,8-11H2;2-3,6-7,14-15H,4-5,8-9H2,1H3/t16-;3*15-;2*14-;13-/m1111111/s1. The molecule has 8 aliphatic carbocycles. The summed E-state index contributed by atoms with van der Waals surface area (Å²) in [5, 5.41) is 29.5. The largest absolute Gasteiger partial charge is 0.508 e. The number of benzene rings is 7. The first-order valence-electron chi connectivity index (χ1n) is 45.4. The molecule has 0 aromatic heterocycles. The molecule has 7 N–H and O–H groups in total. The summed E-state index contributed by atoms with van der Waals surface area (Å²) in [5.41, 5.74) is 1.72. The Morgan fingerprint density at radius 3 is 1.12 bits per heavy atom. The van der Waals surface area contributed by atoms with E-state index in [9.17, 15) is 51.8 Å². The van der Waals surface area contributed by atoms with Crippen LogP contribution in [0.15, 0.2) is 176 Å². The van der Waals surface area contributed by atoms with Gasteiger partial charge in [-0.25, -0.2) is 13.2 Å². The third-order valence-corrected chi connectivity index (χ3v) is 26.7. The fourth-order valence-electron chi connectivity index (χ4n) is 19.7. The van der Waals surface area contributed by atoms with E-state index in [-0.39, 0.29) is 58.0 Å². The molecule has 18 nitrogen and oxygen atoms in total. The molecule has 664 valence electrons. The highest BCUT2D eigenvalue weighted by molar-refractivity contribution is 5.94. The second-order valence-corrected chi connectivity index (χ2v) is 34.0. The molecule has 8 saturated carbocycles. The third-order valence-electron chi connectivity index (χ3n) is 26.7. The maximum Gasteiger partial charge on any atom is 0.170 e. The number of phenolic OH excluding ortho intramolecular Hbond substituents is 1. The van der Waals surface area contributed by atoms with Crippen LogP contribution in [-0.2, 0) is 72.3 Å². The predicted molar refractivity (Wildman–Crippen MR) is 479 cm³/mol. The van der Waals surface area contributed by atoms with Gasteiger partial charge in [0.05, 0.1) is 21.3 Å². The zero-order valence-electron chi connectivity index (χ0n) is 73.8. The molecule has 0 amide bonds. The van der Waals surface area contributed by atoms with E-state index in [2.05, 4.69) is 80.1 Å². The number of ketones is 7. The van der Waals surface area contributed by atoms with Gasteiger partial charge >= 0.3 is 0 Å². The Balaban J connectivity index is 0.000000150. The van der Waals surface area contributed by atoms with Gasteiger partial charge in [-0.2, -0.15) is 0 Å². The smallest absolute Gasteiger partial charge is 0.170 e. The van der Waals surface area contributed by atoms with Gasteiger partial charge in [0.25, 0.3) is 0 Å². The highest BCUT2D eigenvalue weighted by atomic mass is 19.1. The topological polar surface area (TPSA) is 243 Å². The van der Waals surface area contributed by atoms with Crippen LogP contribution in [0, 0.1) is 11.6 Å². The van der Waals surface area contributed by atoms with Crippen LogP contribution in [0.2, 0.25) is 0 Å². The Morgan fingerprint density at radius 2 is 0.740 bits per heavy atom. The lowest BCUT2D eigenvalue weighted by Gasteiger charge is -2.50. The number of methoxy groups -OCH3 is 3. The number of para-hydroxylation sites is 1. The molecular formula is C102H134F3N7O11. The van der Waals surface area contributed by atoms with Crippen molar-refractivity contribution in [1.29, 1.82) is 0 Å². The first-order valence-corrected chi connectivity index (χ1v) is 45.4. The summed E-state index contributed by atoms with van der Waals surface area (Å²) in [4.78, 5) is 88.8. The summed E-state index contributed by atoms with van der Waals surface area (Å²) in [6.07, 6.45) is 28.9. The van der Waals surface area contributed by atoms with Crippen LogP contribution in [-0.4, -0.2) is 131 Å². The number of hydrogen-bond donors (Lipinski definition) is 7. The minimum Gasteiger partial charge on any atom is -0.508 e. The number of likely N-dealkylation sites (N-methyl/N-ethyl adjacent to an activating group) is 3. The molecule has 7 atom stereocenters. The van der Waals surface area contributed by atoms with Crippen LogP contribution in [0.25, 0.3) is 0 Å². The normalized spacial score (nSPS) is 25.7. The molecule has 7 aromatic rings. The molecule has 1 saturated heterocycles. The third kappa shape index (κ3) is 22.3. The number of alkyl halides is 1. The van der Waals surface area contributed by atoms with Crippen molar-refractivity contribution in [3.8, 4) is 23.0 Å². The monoisotopic (exact) mass is 1690 g/mol. The molecule has 21 heteroatoms. The van der Waals surface area contributed by atoms with Crippen LogP contribution < -0.4 is 46.1 Å². The second-order valence-electron chi connectivity index (χ2n) is 34.0. The van der Waals surface area contributed by atoms with E-state index < -0.39 is 46.0 Å². The number of carbonyl (C=O) groups excluding carboxylic acids is 7. The average molecular weight is 1690 g/mol. The van der Waals surface area contributed by atoms with Crippen molar-refractivity contribution >= 4 is 40.5 Å². The zero-order valence-corrected chi connectivity index (χ0v) is 73.8. The first kappa shape index (κ1) is 96.2. The van der Waals surface area contributed by atoms with Gasteiger partial charge in [0, 0.05) is 87.3 Å². The summed E-state index contributed by atoms with van der Waals surface area (Å²) in [7, 11) is 8.02. The van der Waals surface area contributed by atoms with Crippen molar-refractivity contribution in [3.63, 3.8) is 0 Å². The van der Waals surface area contributed by atoms with Crippen molar-refractivity contribution in [2.75, 3.05) is 74.8 Å². The van der Waals surface area contributed by atoms with E-state index in [4.69, 9.17) is 14.2 Å². The lowest BCUT2D eigenvalue weighted by molar-refractivity contribution is -0.139. The number of ether oxygens (including phenoxy) is 3. The van der Waals surface area contributed by atoms with E-state index in [0.29, 0.717) is 91.6 Å². The van der Waals surface area contributed by atoms with Gasteiger partial charge < -0.3 is 40.6 Å². The number of phenols is 1. The van der Waals surface area contributed by atoms with Crippen molar-refractivity contribution < 1.29 is 66.1 Å². The Hall–Kier alpha value is -9.06. The van der Waals surface area contributed by atoms with E-state index in [0.717, 1.165) is 177 Å². The summed E-state index contributed by atoms with van der Waals surface area (Å²) in [5.74, 6) is 2.21. The predicted octanol–water partition coefficient (Wildman–Crippen LogP) is 18.2. The summed E-state index contributed by atoms with van der Waals surface area (Å²) >= 11 is 0. The van der Waals surface area contributed by atoms with Gasteiger partial charge in [-0.1, -0.05) is 204 Å². The maximum atomic E-state index is 14.5. The Labute approximate surface area is 727 Å². The van der Waals surface area contributed by atoms with E-state index in [1.807, 2.05) is 97.9 Å². The molecule has 1 aliphatic heterocycles. The molecule has 0 unspecified atom stereocenters. The number of Topliss-reactive ketones (excluding diaryl/α,β-unsaturated/α-hetero) is 7. The Morgan fingerprint density at radius 1 is 0.374 bits per heavy atom. The quantitative estimate of drug-likeness (QED) is 0.0315. The number of rotatable bonds is 23.